The van der Waals surface area contributed by atoms with Crippen molar-refractivity contribution in [2.75, 3.05) is 26.8 Å². The van der Waals surface area contributed by atoms with Crippen molar-refractivity contribution in [3.8, 4) is 0 Å². The van der Waals surface area contributed by atoms with Gasteiger partial charge in [0.2, 0.25) is 5.91 Å². The summed E-state index contributed by atoms with van der Waals surface area (Å²) >= 11 is 5.86. The van der Waals surface area contributed by atoms with E-state index < -0.39 is 5.38 Å². The van der Waals surface area contributed by atoms with E-state index >= 15 is 0 Å². The van der Waals surface area contributed by atoms with Crippen LogP contribution in [0.15, 0.2) is 0 Å². The second kappa shape index (κ2) is 4.53. The van der Waals surface area contributed by atoms with Gasteiger partial charge in [-0.15, -0.1) is 11.6 Å². The average molecular weight is 246 g/mol. The van der Waals surface area contributed by atoms with E-state index in [0.29, 0.717) is 5.92 Å². The number of rotatable bonds is 3. The number of halogens is 1. The first kappa shape index (κ1) is 12.2. The molecule has 1 amide bonds. The van der Waals surface area contributed by atoms with Crippen molar-refractivity contribution in [2.45, 2.75) is 31.6 Å². The second-order valence-electron chi connectivity index (χ2n) is 5.22. The van der Waals surface area contributed by atoms with Gasteiger partial charge in [-0.1, -0.05) is 6.42 Å². The summed E-state index contributed by atoms with van der Waals surface area (Å²) in [5.41, 5.74) is 0.218. The van der Waals surface area contributed by atoms with Gasteiger partial charge in [0.25, 0.3) is 0 Å². The third kappa shape index (κ3) is 1.95. The Morgan fingerprint density at radius 2 is 2.44 bits per heavy atom. The highest BCUT2D eigenvalue weighted by atomic mass is 35.5. The van der Waals surface area contributed by atoms with Crippen LogP contribution in [0.4, 0.5) is 0 Å². The number of amides is 1. The third-order valence-electron chi connectivity index (χ3n) is 4.12. The molecule has 1 aliphatic carbocycles. The molecule has 2 fully saturated rings. The standard InChI is InChI=1S/C12H20ClNO2/c1-9(13)11(15)14-6-10-4-3-5-12(10,7-14)8-16-2/h9-10H,3-8H2,1-2H3. The number of ether oxygens (including phenoxy) is 1. The Hall–Kier alpha value is -0.280. The van der Waals surface area contributed by atoms with Gasteiger partial charge in [-0.25, -0.2) is 0 Å². The van der Waals surface area contributed by atoms with Crippen LogP contribution < -0.4 is 0 Å². The van der Waals surface area contributed by atoms with E-state index in [2.05, 4.69) is 0 Å². The molecule has 1 saturated heterocycles. The molecule has 3 atom stereocenters. The molecule has 0 radical (unpaired) electrons. The number of nitrogens with zero attached hydrogens (tertiary/aromatic N) is 1. The minimum absolute atomic E-state index is 0.0755. The highest BCUT2D eigenvalue weighted by Gasteiger charge is 2.50. The normalized spacial score (nSPS) is 35.2. The van der Waals surface area contributed by atoms with Crippen molar-refractivity contribution >= 4 is 17.5 Å². The van der Waals surface area contributed by atoms with Crippen LogP contribution in [0.1, 0.15) is 26.2 Å². The lowest BCUT2D eigenvalue weighted by molar-refractivity contribution is -0.130. The van der Waals surface area contributed by atoms with Gasteiger partial charge in [-0.05, 0) is 25.7 Å². The minimum atomic E-state index is -0.404. The second-order valence-corrected chi connectivity index (χ2v) is 5.87. The molecule has 4 heteroatoms. The number of alkyl halides is 1. The Bertz CT molecular complexity index is 282. The first-order valence-electron chi connectivity index (χ1n) is 6.01. The van der Waals surface area contributed by atoms with Crippen molar-refractivity contribution < 1.29 is 9.53 Å². The summed E-state index contributed by atoms with van der Waals surface area (Å²) in [6, 6.07) is 0. The number of likely N-dealkylation sites (tertiary alicyclic amines) is 1. The SMILES string of the molecule is COCC12CCCC1CN(C(=O)C(C)Cl)C2. The zero-order valence-electron chi connectivity index (χ0n) is 10.0. The molecule has 1 heterocycles. The maximum absolute atomic E-state index is 11.9. The van der Waals surface area contributed by atoms with E-state index in [-0.39, 0.29) is 11.3 Å². The molecule has 1 saturated carbocycles. The molecule has 2 rings (SSSR count). The first-order chi connectivity index (χ1) is 7.59. The fraction of sp³-hybridized carbons (Fsp3) is 0.917. The van der Waals surface area contributed by atoms with Gasteiger partial charge < -0.3 is 9.64 Å². The third-order valence-corrected chi connectivity index (χ3v) is 4.31. The van der Waals surface area contributed by atoms with Gasteiger partial charge in [0.1, 0.15) is 5.38 Å². The van der Waals surface area contributed by atoms with Gasteiger partial charge in [0.15, 0.2) is 0 Å². The van der Waals surface area contributed by atoms with Crippen molar-refractivity contribution in [3.05, 3.63) is 0 Å². The van der Waals surface area contributed by atoms with Crippen LogP contribution in [0, 0.1) is 11.3 Å². The van der Waals surface area contributed by atoms with Crippen LogP contribution >= 0.6 is 11.6 Å². The number of carbonyl (C=O) groups excluding carboxylic acids is 1. The van der Waals surface area contributed by atoms with E-state index in [1.807, 2.05) is 4.90 Å². The summed E-state index contributed by atoms with van der Waals surface area (Å²) in [5.74, 6) is 0.693. The van der Waals surface area contributed by atoms with Crippen LogP contribution in [0.5, 0.6) is 0 Å². The molecule has 0 spiro atoms. The topological polar surface area (TPSA) is 29.5 Å². The van der Waals surface area contributed by atoms with E-state index in [9.17, 15) is 4.79 Å². The van der Waals surface area contributed by atoms with Crippen LogP contribution in [0.3, 0.4) is 0 Å². The van der Waals surface area contributed by atoms with Crippen molar-refractivity contribution in [1.29, 1.82) is 0 Å². The van der Waals surface area contributed by atoms with Gasteiger partial charge >= 0.3 is 0 Å². The van der Waals surface area contributed by atoms with Crippen LogP contribution in [0.2, 0.25) is 0 Å². The maximum atomic E-state index is 11.9. The fourth-order valence-electron chi connectivity index (χ4n) is 3.36. The summed E-state index contributed by atoms with van der Waals surface area (Å²) < 4.78 is 5.35. The Morgan fingerprint density at radius 1 is 1.69 bits per heavy atom. The lowest BCUT2D eigenvalue weighted by Gasteiger charge is -2.27. The van der Waals surface area contributed by atoms with Crippen LogP contribution in [-0.2, 0) is 9.53 Å². The van der Waals surface area contributed by atoms with Crippen molar-refractivity contribution in [2.24, 2.45) is 11.3 Å². The highest BCUT2D eigenvalue weighted by molar-refractivity contribution is 6.30. The largest absolute Gasteiger partial charge is 0.384 e. The average Bonchev–Trinajstić information content (AvgIpc) is 2.73. The molecule has 0 aromatic heterocycles. The maximum Gasteiger partial charge on any atom is 0.240 e. The van der Waals surface area contributed by atoms with E-state index in [1.54, 1.807) is 14.0 Å². The number of hydrogen-bond donors (Lipinski definition) is 0. The van der Waals surface area contributed by atoms with Crippen LogP contribution in [-0.4, -0.2) is 43.0 Å². The molecule has 0 N–H and O–H groups in total. The zero-order valence-corrected chi connectivity index (χ0v) is 10.8. The molecule has 1 aliphatic heterocycles. The summed E-state index contributed by atoms with van der Waals surface area (Å²) in [5, 5.41) is -0.404. The number of methoxy groups -OCH3 is 1. The van der Waals surface area contributed by atoms with Crippen LogP contribution in [0.25, 0.3) is 0 Å². The van der Waals surface area contributed by atoms with E-state index in [0.717, 1.165) is 19.7 Å². The smallest absolute Gasteiger partial charge is 0.240 e. The Labute approximate surface area is 102 Å². The number of hydrogen-bond acceptors (Lipinski definition) is 2. The predicted octanol–water partition coefficient (Wildman–Crippen LogP) is 1.89. The van der Waals surface area contributed by atoms with Crippen molar-refractivity contribution in [1.82, 2.24) is 4.90 Å². The molecular weight excluding hydrogens is 226 g/mol. The first-order valence-corrected chi connectivity index (χ1v) is 6.44. The van der Waals surface area contributed by atoms with Crippen molar-refractivity contribution in [3.63, 3.8) is 0 Å². The molecule has 16 heavy (non-hydrogen) atoms. The minimum Gasteiger partial charge on any atom is -0.384 e. The Morgan fingerprint density at radius 3 is 3.06 bits per heavy atom. The van der Waals surface area contributed by atoms with E-state index in [1.165, 1.54) is 19.3 Å². The van der Waals surface area contributed by atoms with Gasteiger partial charge in [-0.3, -0.25) is 4.79 Å². The Balaban J connectivity index is 2.07. The van der Waals surface area contributed by atoms with Gasteiger partial charge in [0.05, 0.1) is 6.61 Å². The lowest BCUT2D eigenvalue weighted by Crippen LogP contribution is -2.37. The van der Waals surface area contributed by atoms with Gasteiger partial charge in [0, 0.05) is 25.6 Å². The van der Waals surface area contributed by atoms with Gasteiger partial charge in [-0.2, -0.15) is 0 Å². The summed E-state index contributed by atoms with van der Waals surface area (Å²) in [4.78, 5) is 13.8. The molecule has 0 bridgehead atoms. The molecule has 3 unspecified atom stereocenters. The Kier molecular flexibility index (Phi) is 3.45. The monoisotopic (exact) mass is 245 g/mol. The number of fused-ring (bicyclic) bond motifs is 1. The number of carbonyl (C=O) groups is 1. The lowest BCUT2D eigenvalue weighted by atomic mass is 9.82. The molecule has 2 aliphatic rings. The predicted molar refractivity (Wildman–Crippen MR) is 63.5 cm³/mol. The quantitative estimate of drug-likeness (QED) is 0.711. The molecule has 92 valence electrons. The zero-order chi connectivity index (χ0) is 11.8. The summed E-state index contributed by atoms with van der Waals surface area (Å²) in [6.45, 7) is 4.24. The molecule has 3 nitrogen and oxygen atoms in total. The highest BCUT2D eigenvalue weighted by Crippen LogP contribution is 2.48. The fourth-order valence-corrected chi connectivity index (χ4v) is 3.50. The molecule has 0 aromatic rings. The molecular formula is C12H20ClNO2. The summed E-state index contributed by atoms with van der Waals surface area (Å²) in [7, 11) is 1.75. The summed E-state index contributed by atoms with van der Waals surface area (Å²) in [6.07, 6.45) is 3.68. The molecule has 0 aromatic carbocycles. The van der Waals surface area contributed by atoms with E-state index in [4.69, 9.17) is 16.3 Å².